The van der Waals surface area contributed by atoms with Crippen LogP contribution < -0.4 is 9.44 Å². The molecule has 1 unspecified atom stereocenters. The Kier molecular flexibility index (Phi) is 5.46. The normalized spacial score (nSPS) is 14.8. The van der Waals surface area contributed by atoms with Crippen molar-refractivity contribution < 1.29 is 13.5 Å². The zero-order chi connectivity index (χ0) is 10.5. The molecule has 0 radical (unpaired) electrons. The van der Waals surface area contributed by atoms with E-state index in [1.807, 2.05) is 0 Å². The van der Waals surface area contributed by atoms with Crippen LogP contribution >= 0.6 is 0 Å². The summed E-state index contributed by atoms with van der Waals surface area (Å²) in [5.74, 6) is 0. The van der Waals surface area contributed by atoms with E-state index in [0.29, 0.717) is 6.42 Å². The molecule has 0 saturated heterocycles. The van der Waals surface area contributed by atoms with Crippen molar-refractivity contribution in [2.45, 2.75) is 39.3 Å². The first-order valence-corrected chi connectivity index (χ1v) is 5.80. The van der Waals surface area contributed by atoms with Crippen molar-refractivity contribution >= 4 is 10.2 Å². The van der Waals surface area contributed by atoms with Gasteiger partial charge in [0.05, 0.1) is 6.10 Å². The maximum atomic E-state index is 11.1. The molecule has 0 saturated carbocycles. The molecule has 0 bridgehead atoms. The highest BCUT2D eigenvalue weighted by Gasteiger charge is 2.12. The van der Waals surface area contributed by atoms with E-state index in [-0.39, 0.29) is 12.6 Å². The quantitative estimate of drug-likeness (QED) is 0.557. The molecular weight excluding hydrogens is 192 g/mol. The minimum atomic E-state index is -3.45. The Labute approximate surface area is 79.7 Å². The van der Waals surface area contributed by atoms with Gasteiger partial charge in [-0.3, -0.25) is 0 Å². The summed E-state index contributed by atoms with van der Waals surface area (Å²) >= 11 is 0. The van der Waals surface area contributed by atoms with Gasteiger partial charge in [0.2, 0.25) is 0 Å². The molecule has 1 atom stereocenters. The highest BCUT2D eigenvalue weighted by Crippen LogP contribution is 1.89. The highest BCUT2D eigenvalue weighted by molar-refractivity contribution is 7.87. The number of hydrogen-bond acceptors (Lipinski definition) is 3. The van der Waals surface area contributed by atoms with Gasteiger partial charge in [0.25, 0.3) is 10.2 Å². The molecule has 0 aliphatic heterocycles. The van der Waals surface area contributed by atoms with Crippen molar-refractivity contribution in [2.24, 2.45) is 0 Å². The Bertz CT molecular complexity index is 226. The molecule has 0 aliphatic carbocycles. The van der Waals surface area contributed by atoms with Gasteiger partial charge in [0.1, 0.15) is 0 Å². The molecule has 6 heteroatoms. The van der Waals surface area contributed by atoms with Gasteiger partial charge in [0.15, 0.2) is 0 Å². The van der Waals surface area contributed by atoms with E-state index < -0.39 is 16.3 Å². The van der Waals surface area contributed by atoms with Crippen molar-refractivity contribution in [1.29, 1.82) is 0 Å². The first-order valence-electron chi connectivity index (χ1n) is 4.32. The maximum absolute atomic E-state index is 11.1. The third-order valence-electron chi connectivity index (χ3n) is 1.37. The van der Waals surface area contributed by atoms with Crippen LogP contribution in [0.25, 0.3) is 0 Å². The van der Waals surface area contributed by atoms with Crippen molar-refractivity contribution in [3.63, 3.8) is 0 Å². The van der Waals surface area contributed by atoms with Crippen molar-refractivity contribution in [1.82, 2.24) is 9.44 Å². The topological polar surface area (TPSA) is 78.4 Å². The van der Waals surface area contributed by atoms with Gasteiger partial charge in [-0.05, 0) is 20.3 Å². The van der Waals surface area contributed by atoms with Gasteiger partial charge in [-0.25, -0.2) is 0 Å². The minimum absolute atomic E-state index is 0.0541. The Morgan fingerprint density at radius 2 is 1.92 bits per heavy atom. The Balaban J connectivity index is 3.90. The molecular formula is C7H18N2O3S. The standard InChI is InChI=1S/C7H18N2O3S/c1-4-7(10)5-8-13(11,12)9-6(2)3/h6-10H,4-5H2,1-3H3. The second-order valence-corrected chi connectivity index (χ2v) is 4.72. The van der Waals surface area contributed by atoms with Crippen molar-refractivity contribution in [3.8, 4) is 0 Å². The summed E-state index contributed by atoms with van der Waals surface area (Å²) < 4.78 is 26.9. The van der Waals surface area contributed by atoms with Crippen LogP contribution in [0.4, 0.5) is 0 Å². The molecule has 0 amide bonds. The van der Waals surface area contributed by atoms with E-state index >= 15 is 0 Å². The van der Waals surface area contributed by atoms with Gasteiger partial charge in [-0.1, -0.05) is 6.92 Å². The van der Waals surface area contributed by atoms with E-state index in [0.717, 1.165) is 0 Å². The van der Waals surface area contributed by atoms with Crippen LogP contribution in [0.3, 0.4) is 0 Å². The fourth-order valence-corrected chi connectivity index (χ4v) is 1.82. The van der Waals surface area contributed by atoms with E-state index in [4.69, 9.17) is 5.11 Å². The second kappa shape index (κ2) is 5.54. The summed E-state index contributed by atoms with van der Waals surface area (Å²) in [4.78, 5) is 0. The molecule has 0 rings (SSSR count). The van der Waals surface area contributed by atoms with Crippen LogP contribution in [0.2, 0.25) is 0 Å². The number of aliphatic hydroxyl groups is 1. The molecule has 0 aromatic rings. The lowest BCUT2D eigenvalue weighted by atomic mass is 10.3. The zero-order valence-electron chi connectivity index (χ0n) is 8.24. The van der Waals surface area contributed by atoms with Gasteiger partial charge < -0.3 is 5.11 Å². The lowest BCUT2D eigenvalue weighted by Gasteiger charge is -2.12. The lowest BCUT2D eigenvalue weighted by Crippen LogP contribution is -2.43. The second-order valence-electron chi connectivity index (χ2n) is 3.19. The minimum Gasteiger partial charge on any atom is -0.392 e. The van der Waals surface area contributed by atoms with Crippen LogP contribution in [-0.2, 0) is 10.2 Å². The Morgan fingerprint density at radius 3 is 2.31 bits per heavy atom. The predicted molar refractivity (Wildman–Crippen MR) is 51.5 cm³/mol. The lowest BCUT2D eigenvalue weighted by molar-refractivity contribution is 0.174. The van der Waals surface area contributed by atoms with Crippen LogP contribution in [-0.4, -0.2) is 32.2 Å². The summed E-state index contributed by atoms with van der Waals surface area (Å²) in [5, 5.41) is 9.10. The van der Waals surface area contributed by atoms with Crippen molar-refractivity contribution in [3.05, 3.63) is 0 Å². The summed E-state index contributed by atoms with van der Waals surface area (Å²) in [6, 6.07) is -0.142. The van der Waals surface area contributed by atoms with E-state index in [9.17, 15) is 8.42 Å². The molecule has 80 valence electrons. The van der Waals surface area contributed by atoms with Crippen LogP contribution in [0.5, 0.6) is 0 Å². The number of aliphatic hydroxyl groups excluding tert-OH is 1. The van der Waals surface area contributed by atoms with Crippen LogP contribution in [0, 0.1) is 0 Å². The molecule has 0 fully saturated rings. The van der Waals surface area contributed by atoms with E-state index in [1.54, 1.807) is 20.8 Å². The summed E-state index contributed by atoms with van der Waals surface area (Å²) in [6.07, 6.45) is -0.0896. The number of rotatable bonds is 6. The zero-order valence-corrected chi connectivity index (χ0v) is 9.06. The molecule has 13 heavy (non-hydrogen) atoms. The summed E-state index contributed by atoms with van der Waals surface area (Å²) in [5.41, 5.74) is 0. The predicted octanol–water partition coefficient (Wildman–Crippen LogP) is -0.410. The monoisotopic (exact) mass is 210 g/mol. The largest absolute Gasteiger partial charge is 0.392 e. The maximum Gasteiger partial charge on any atom is 0.277 e. The van der Waals surface area contributed by atoms with Gasteiger partial charge in [-0.15, -0.1) is 0 Å². The fraction of sp³-hybridized carbons (Fsp3) is 1.00. The van der Waals surface area contributed by atoms with E-state index in [2.05, 4.69) is 9.44 Å². The Hall–Kier alpha value is -0.170. The molecule has 0 aromatic carbocycles. The summed E-state index contributed by atoms with van der Waals surface area (Å²) in [7, 11) is -3.45. The van der Waals surface area contributed by atoms with E-state index in [1.165, 1.54) is 0 Å². The average Bonchev–Trinajstić information content (AvgIpc) is 1.98. The van der Waals surface area contributed by atoms with Crippen molar-refractivity contribution in [2.75, 3.05) is 6.54 Å². The average molecular weight is 210 g/mol. The third-order valence-corrected chi connectivity index (χ3v) is 2.70. The number of nitrogens with one attached hydrogen (secondary N) is 2. The highest BCUT2D eigenvalue weighted by atomic mass is 32.2. The molecule has 0 aliphatic rings. The van der Waals surface area contributed by atoms with Gasteiger partial charge in [-0.2, -0.15) is 17.9 Å². The molecule has 0 aromatic heterocycles. The first-order chi connectivity index (χ1) is 5.87. The first kappa shape index (κ1) is 12.8. The number of hydrogen-bond donors (Lipinski definition) is 3. The van der Waals surface area contributed by atoms with Crippen LogP contribution in [0.1, 0.15) is 27.2 Å². The molecule has 0 heterocycles. The van der Waals surface area contributed by atoms with Gasteiger partial charge >= 0.3 is 0 Å². The SMILES string of the molecule is CCC(O)CNS(=O)(=O)NC(C)C. The smallest absolute Gasteiger partial charge is 0.277 e. The molecule has 5 nitrogen and oxygen atoms in total. The van der Waals surface area contributed by atoms with Crippen LogP contribution in [0.15, 0.2) is 0 Å². The fourth-order valence-electron chi connectivity index (χ4n) is 0.702. The third kappa shape index (κ3) is 6.94. The Morgan fingerprint density at radius 1 is 1.38 bits per heavy atom. The summed E-state index contributed by atoms with van der Waals surface area (Å²) in [6.45, 7) is 5.30. The molecule has 3 N–H and O–H groups in total. The van der Waals surface area contributed by atoms with Gasteiger partial charge in [0, 0.05) is 12.6 Å². The molecule has 0 spiro atoms.